The molecule has 3 nitrogen and oxygen atoms in total. The van der Waals surface area contributed by atoms with E-state index in [0.717, 1.165) is 11.3 Å². The van der Waals surface area contributed by atoms with E-state index in [2.05, 4.69) is 25.8 Å². The van der Waals surface area contributed by atoms with Gasteiger partial charge in [-0.1, -0.05) is 0 Å². The maximum absolute atomic E-state index is 13.7. The third-order valence-electron chi connectivity index (χ3n) is 2.79. The van der Waals surface area contributed by atoms with Crippen molar-refractivity contribution >= 4 is 22.6 Å². The number of aromatic nitrogens is 2. The molecule has 2 rings (SSSR count). The molecule has 0 saturated carbocycles. The van der Waals surface area contributed by atoms with Crippen LogP contribution in [-0.2, 0) is 11.4 Å². The lowest BCUT2D eigenvalue weighted by Crippen LogP contribution is -2.23. The van der Waals surface area contributed by atoms with E-state index in [1.165, 1.54) is 13.2 Å². The summed E-state index contributed by atoms with van der Waals surface area (Å²) in [4.78, 5) is 4.37. The summed E-state index contributed by atoms with van der Waals surface area (Å²) in [6.45, 7) is 6.17. The van der Waals surface area contributed by atoms with E-state index in [1.807, 2.05) is 4.57 Å². The van der Waals surface area contributed by atoms with Crippen molar-refractivity contribution in [2.75, 3.05) is 7.11 Å². The first-order valence-electron chi connectivity index (χ1n) is 5.69. The van der Waals surface area contributed by atoms with Gasteiger partial charge in [-0.2, -0.15) is 0 Å². The predicted molar refractivity (Wildman–Crippen MR) is 70.8 cm³/mol. The summed E-state index contributed by atoms with van der Waals surface area (Å²) in [7, 11) is 1.45. The number of hydrogen-bond acceptors (Lipinski definition) is 2. The summed E-state index contributed by atoms with van der Waals surface area (Å²) in [5.74, 6) is 0.820. The predicted octanol–water partition coefficient (Wildman–Crippen LogP) is 3.68. The molecule has 0 amide bonds. The Morgan fingerprint density at radius 2 is 2.06 bits per heavy atom. The van der Waals surface area contributed by atoms with Crippen LogP contribution in [0.5, 0.6) is 5.75 Å². The molecule has 0 aliphatic carbocycles. The maximum Gasteiger partial charge on any atom is 0.167 e. The number of benzene rings is 1. The summed E-state index contributed by atoms with van der Waals surface area (Å²) in [6.07, 6.45) is 0. The smallest absolute Gasteiger partial charge is 0.167 e. The fourth-order valence-electron chi connectivity index (χ4n) is 2.12. The highest BCUT2D eigenvalue weighted by Crippen LogP contribution is 2.30. The van der Waals surface area contributed by atoms with Crippen LogP contribution in [0.25, 0.3) is 11.0 Å². The molecule has 18 heavy (non-hydrogen) atoms. The third-order valence-corrected chi connectivity index (χ3v) is 3.03. The lowest BCUT2D eigenvalue weighted by Gasteiger charge is -2.24. The Morgan fingerprint density at radius 3 is 2.56 bits per heavy atom. The minimum atomic E-state index is -0.412. The van der Waals surface area contributed by atoms with Crippen LogP contribution in [0, 0.1) is 5.82 Å². The summed E-state index contributed by atoms with van der Waals surface area (Å²) in [5, 5.41) is 0. The zero-order valence-corrected chi connectivity index (χ0v) is 11.7. The molecule has 98 valence electrons. The Labute approximate surface area is 111 Å². The number of nitrogens with zero attached hydrogens (tertiary/aromatic N) is 2. The molecule has 0 radical (unpaired) electrons. The van der Waals surface area contributed by atoms with Crippen LogP contribution >= 0.6 is 11.6 Å². The van der Waals surface area contributed by atoms with Crippen LogP contribution in [0.3, 0.4) is 0 Å². The van der Waals surface area contributed by atoms with E-state index < -0.39 is 5.82 Å². The van der Waals surface area contributed by atoms with Crippen molar-refractivity contribution in [2.24, 2.45) is 0 Å². The van der Waals surface area contributed by atoms with Gasteiger partial charge in [-0.25, -0.2) is 9.37 Å². The summed E-state index contributed by atoms with van der Waals surface area (Å²) < 4.78 is 20.7. The first kappa shape index (κ1) is 13.1. The van der Waals surface area contributed by atoms with Gasteiger partial charge in [-0.3, -0.25) is 0 Å². The summed E-state index contributed by atoms with van der Waals surface area (Å²) >= 11 is 5.91. The van der Waals surface area contributed by atoms with E-state index in [1.54, 1.807) is 6.07 Å². The van der Waals surface area contributed by atoms with Crippen molar-refractivity contribution in [3.63, 3.8) is 0 Å². The second-order valence-electron chi connectivity index (χ2n) is 5.14. The number of rotatable bonds is 2. The van der Waals surface area contributed by atoms with E-state index in [9.17, 15) is 4.39 Å². The van der Waals surface area contributed by atoms with Crippen LogP contribution in [0.15, 0.2) is 12.1 Å². The van der Waals surface area contributed by atoms with Gasteiger partial charge in [0.2, 0.25) is 0 Å². The molecule has 0 atom stereocenters. The minimum absolute atomic E-state index is 0.179. The summed E-state index contributed by atoms with van der Waals surface area (Å²) in [6, 6.07) is 3.05. The number of halogens is 2. The standard InChI is InChI=1S/C13H16ClFN2O/c1-13(2,3)17-10-6-11(18-4)8(15)5-9(10)16-12(17)7-14/h5-6H,7H2,1-4H3. The average Bonchev–Trinajstić information content (AvgIpc) is 2.64. The molecule has 0 fully saturated rings. The van der Waals surface area contributed by atoms with Gasteiger partial charge in [0.1, 0.15) is 5.82 Å². The number of alkyl halides is 1. The van der Waals surface area contributed by atoms with Crippen molar-refractivity contribution in [1.29, 1.82) is 0 Å². The van der Waals surface area contributed by atoms with Gasteiger partial charge >= 0.3 is 0 Å². The maximum atomic E-state index is 13.7. The largest absolute Gasteiger partial charge is 0.494 e. The van der Waals surface area contributed by atoms with Gasteiger partial charge in [-0.05, 0) is 20.8 Å². The molecule has 0 saturated heterocycles. The van der Waals surface area contributed by atoms with Gasteiger partial charge in [0.25, 0.3) is 0 Å². The second kappa shape index (κ2) is 4.43. The molecule has 0 unspecified atom stereocenters. The van der Waals surface area contributed by atoms with Crippen molar-refractivity contribution in [1.82, 2.24) is 9.55 Å². The van der Waals surface area contributed by atoms with Gasteiger partial charge in [-0.15, -0.1) is 11.6 Å². The Hall–Kier alpha value is -1.29. The second-order valence-corrected chi connectivity index (χ2v) is 5.41. The fraction of sp³-hybridized carbons (Fsp3) is 0.462. The Kier molecular flexibility index (Phi) is 3.23. The molecule has 0 aliphatic heterocycles. The Balaban J connectivity index is 2.81. The SMILES string of the molecule is COc1cc2c(cc1F)nc(CCl)n2C(C)(C)C. The van der Waals surface area contributed by atoms with E-state index in [-0.39, 0.29) is 17.2 Å². The van der Waals surface area contributed by atoms with Gasteiger partial charge in [0, 0.05) is 17.7 Å². The van der Waals surface area contributed by atoms with Crippen molar-refractivity contribution in [3.8, 4) is 5.75 Å². The van der Waals surface area contributed by atoms with Gasteiger partial charge < -0.3 is 9.30 Å². The average molecular weight is 271 g/mol. The normalized spacial score (nSPS) is 12.1. The third kappa shape index (κ3) is 2.05. The van der Waals surface area contributed by atoms with Crippen molar-refractivity contribution in [3.05, 3.63) is 23.8 Å². The van der Waals surface area contributed by atoms with Crippen LogP contribution in [0.2, 0.25) is 0 Å². The molecule has 1 heterocycles. The topological polar surface area (TPSA) is 27.1 Å². The van der Waals surface area contributed by atoms with E-state index in [4.69, 9.17) is 16.3 Å². The number of imidazole rings is 1. The highest BCUT2D eigenvalue weighted by atomic mass is 35.5. The fourth-order valence-corrected chi connectivity index (χ4v) is 2.30. The molecule has 0 spiro atoms. The number of methoxy groups -OCH3 is 1. The highest BCUT2D eigenvalue weighted by molar-refractivity contribution is 6.16. The first-order valence-corrected chi connectivity index (χ1v) is 6.23. The molecule has 0 bridgehead atoms. The highest BCUT2D eigenvalue weighted by Gasteiger charge is 2.22. The molecular formula is C13H16ClFN2O. The van der Waals surface area contributed by atoms with Crippen LogP contribution in [-0.4, -0.2) is 16.7 Å². The minimum Gasteiger partial charge on any atom is -0.494 e. The molecule has 1 aromatic carbocycles. The van der Waals surface area contributed by atoms with Crippen LogP contribution in [0.4, 0.5) is 4.39 Å². The Morgan fingerprint density at radius 1 is 1.39 bits per heavy atom. The molecule has 0 aliphatic rings. The van der Waals surface area contributed by atoms with Gasteiger partial charge in [0.15, 0.2) is 11.6 Å². The monoisotopic (exact) mass is 270 g/mol. The summed E-state index contributed by atoms with van der Waals surface area (Å²) in [5.41, 5.74) is 1.25. The zero-order chi connectivity index (χ0) is 13.5. The lowest BCUT2D eigenvalue weighted by molar-refractivity contribution is 0.383. The molecule has 2 aromatic rings. The molecule has 0 N–H and O–H groups in total. The molecular weight excluding hydrogens is 255 g/mol. The molecule has 1 aromatic heterocycles. The van der Waals surface area contributed by atoms with Gasteiger partial charge in [0.05, 0.1) is 24.0 Å². The van der Waals surface area contributed by atoms with Crippen LogP contribution in [0.1, 0.15) is 26.6 Å². The van der Waals surface area contributed by atoms with E-state index >= 15 is 0 Å². The quantitative estimate of drug-likeness (QED) is 0.779. The van der Waals surface area contributed by atoms with Crippen LogP contribution < -0.4 is 4.74 Å². The lowest BCUT2D eigenvalue weighted by atomic mass is 10.1. The number of ether oxygens (including phenoxy) is 1. The Bertz CT molecular complexity index is 587. The van der Waals surface area contributed by atoms with E-state index in [0.29, 0.717) is 5.52 Å². The van der Waals surface area contributed by atoms with Crippen molar-refractivity contribution in [2.45, 2.75) is 32.2 Å². The first-order chi connectivity index (χ1) is 8.38. The molecule has 5 heteroatoms. The van der Waals surface area contributed by atoms with Crippen molar-refractivity contribution < 1.29 is 9.13 Å². The number of fused-ring (bicyclic) bond motifs is 1. The zero-order valence-electron chi connectivity index (χ0n) is 10.9. The number of hydrogen-bond donors (Lipinski definition) is 0.